The first kappa shape index (κ1) is 47.8. The molecule has 0 saturated heterocycles. The summed E-state index contributed by atoms with van der Waals surface area (Å²) in [5.74, 6) is 0. The Morgan fingerprint density at radius 1 is 0.312 bits per heavy atom. The van der Waals surface area contributed by atoms with Crippen molar-refractivity contribution in [2.45, 2.75) is 276 Å². The highest BCUT2D eigenvalue weighted by atomic mass is 16.3. The topological polar surface area (TPSA) is 72.7 Å². The van der Waals surface area contributed by atoms with Crippen LogP contribution in [0.2, 0.25) is 0 Å². The smallest absolute Gasteiger partial charge is 0.107 e. The number of aliphatic hydroxyl groups is 3. The first-order chi connectivity index (χ1) is 23.6. The highest BCUT2D eigenvalue weighted by Gasteiger charge is 2.19. The molecule has 0 heterocycles. The van der Waals surface area contributed by atoms with Crippen molar-refractivity contribution in [3.63, 3.8) is 0 Å². The van der Waals surface area contributed by atoms with E-state index in [1.165, 1.54) is 212 Å². The SMILES string of the molecule is CCCCCCCCCCCCCCCCCCCCCCCCCCNC(O)CC(O)C(O)CCCCCCCCCCCCCC. The van der Waals surface area contributed by atoms with Gasteiger partial charge < -0.3 is 15.3 Å². The predicted molar refractivity (Wildman–Crippen MR) is 213 cm³/mol. The summed E-state index contributed by atoms with van der Waals surface area (Å²) in [6, 6.07) is 0. The molecule has 0 aromatic rings. The molecule has 3 atom stereocenters. The zero-order valence-electron chi connectivity index (χ0n) is 33.2. The number of unbranched alkanes of at least 4 members (excludes halogenated alkanes) is 34. The van der Waals surface area contributed by atoms with Gasteiger partial charge in [-0.2, -0.15) is 0 Å². The van der Waals surface area contributed by atoms with Gasteiger partial charge in [0.25, 0.3) is 0 Å². The van der Waals surface area contributed by atoms with E-state index in [-0.39, 0.29) is 6.42 Å². The standard InChI is InChI=1S/C44H91NO3/c1-3-5-7-9-11-13-15-17-18-19-20-21-22-23-24-25-26-27-28-30-32-34-36-38-40-45-44(48)41-43(47)42(46)39-37-35-33-31-29-16-14-12-10-8-6-4-2/h42-48H,3-41H2,1-2H3. The second-order valence-electron chi connectivity index (χ2n) is 15.6. The zero-order chi connectivity index (χ0) is 35.0. The number of nitrogens with one attached hydrogen (secondary N) is 1. The van der Waals surface area contributed by atoms with E-state index >= 15 is 0 Å². The molecule has 0 spiro atoms. The lowest BCUT2D eigenvalue weighted by Crippen LogP contribution is -2.37. The van der Waals surface area contributed by atoms with Crippen molar-refractivity contribution in [3.8, 4) is 0 Å². The minimum absolute atomic E-state index is 0.207. The Morgan fingerprint density at radius 3 is 0.854 bits per heavy atom. The van der Waals surface area contributed by atoms with E-state index in [0.29, 0.717) is 6.42 Å². The Labute approximate surface area is 302 Å². The average Bonchev–Trinajstić information content (AvgIpc) is 3.08. The van der Waals surface area contributed by atoms with E-state index in [0.717, 1.165) is 25.8 Å². The number of hydrogen-bond acceptors (Lipinski definition) is 4. The van der Waals surface area contributed by atoms with Crippen molar-refractivity contribution < 1.29 is 15.3 Å². The molecule has 0 aliphatic heterocycles. The second-order valence-corrected chi connectivity index (χ2v) is 15.6. The Bertz CT molecular complexity index is 573. The Morgan fingerprint density at radius 2 is 0.562 bits per heavy atom. The summed E-state index contributed by atoms with van der Waals surface area (Å²) in [7, 11) is 0. The van der Waals surface area contributed by atoms with Gasteiger partial charge in [-0.05, 0) is 19.4 Å². The lowest BCUT2D eigenvalue weighted by Gasteiger charge is -2.21. The van der Waals surface area contributed by atoms with Gasteiger partial charge >= 0.3 is 0 Å². The molecule has 4 nitrogen and oxygen atoms in total. The van der Waals surface area contributed by atoms with Gasteiger partial charge in [0.15, 0.2) is 0 Å². The maximum Gasteiger partial charge on any atom is 0.107 e. The maximum absolute atomic E-state index is 10.3. The third-order valence-electron chi connectivity index (χ3n) is 10.7. The molecule has 3 unspecified atom stereocenters. The quantitative estimate of drug-likeness (QED) is 0.0382. The molecule has 0 aliphatic carbocycles. The van der Waals surface area contributed by atoms with E-state index in [9.17, 15) is 15.3 Å². The molecule has 290 valence electrons. The number of hydrogen-bond donors (Lipinski definition) is 4. The molecule has 0 aromatic heterocycles. The molecule has 0 aromatic carbocycles. The normalized spacial score (nSPS) is 13.7. The highest BCUT2D eigenvalue weighted by Crippen LogP contribution is 2.17. The predicted octanol–water partition coefficient (Wildman–Crippen LogP) is 13.5. The van der Waals surface area contributed by atoms with Crippen LogP contribution in [0.25, 0.3) is 0 Å². The first-order valence-electron chi connectivity index (χ1n) is 22.4. The summed E-state index contributed by atoms with van der Waals surface area (Å²) in [5.41, 5.74) is 0. The van der Waals surface area contributed by atoms with Crippen molar-refractivity contribution in [3.05, 3.63) is 0 Å². The molecule has 0 bridgehead atoms. The molecule has 0 aliphatic rings. The van der Waals surface area contributed by atoms with Crippen LogP contribution in [0.1, 0.15) is 258 Å². The molecule has 4 heteroatoms. The number of aliphatic hydroxyl groups excluding tert-OH is 3. The molecular formula is C44H91NO3. The van der Waals surface area contributed by atoms with Crippen LogP contribution in [0.5, 0.6) is 0 Å². The lowest BCUT2D eigenvalue weighted by molar-refractivity contribution is -0.0229. The van der Waals surface area contributed by atoms with E-state index in [2.05, 4.69) is 19.2 Å². The van der Waals surface area contributed by atoms with Gasteiger partial charge in [-0.25, -0.2) is 0 Å². The van der Waals surface area contributed by atoms with E-state index in [1.807, 2.05) is 0 Å². The van der Waals surface area contributed by atoms with Gasteiger partial charge in [0.05, 0.1) is 12.2 Å². The van der Waals surface area contributed by atoms with E-state index < -0.39 is 18.4 Å². The van der Waals surface area contributed by atoms with Crippen LogP contribution in [0.4, 0.5) is 0 Å². The van der Waals surface area contributed by atoms with E-state index in [4.69, 9.17) is 0 Å². The number of rotatable bonds is 42. The van der Waals surface area contributed by atoms with Gasteiger partial charge in [-0.3, -0.25) is 5.32 Å². The molecule has 48 heavy (non-hydrogen) atoms. The van der Waals surface area contributed by atoms with Crippen LogP contribution in [0.3, 0.4) is 0 Å². The second kappa shape index (κ2) is 41.3. The fourth-order valence-electron chi connectivity index (χ4n) is 7.21. The largest absolute Gasteiger partial charge is 0.390 e. The lowest BCUT2D eigenvalue weighted by atomic mass is 10.0. The van der Waals surface area contributed by atoms with Gasteiger partial charge in [0.2, 0.25) is 0 Å². The van der Waals surface area contributed by atoms with E-state index in [1.54, 1.807) is 0 Å². The average molecular weight is 682 g/mol. The Hall–Kier alpha value is -0.160. The van der Waals surface area contributed by atoms with Crippen molar-refractivity contribution in [2.24, 2.45) is 0 Å². The van der Waals surface area contributed by atoms with Crippen molar-refractivity contribution in [1.29, 1.82) is 0 Å². The summed E-state index contributed by atoms with van der Waals surface area (Å²) >= 11 is 0. The molecule has 0 amide bonds. The van der Waals surface area contributed by atoms with Gasteiger partial charge in [0, 0.05) is 6.42 Å². The van der Waals surface area contributed by atoms with Crippen LogP contribution in [0, 0.1) is 0 Å². The van der Waals surface area contributed by atoms with Crippen LogP contribution in [-0.2, 0) is 0 Å². The van der Waals surface area contributed by atoms with Crippen LogP contribution in [-0.4, -0.2) is 40.3 Å². The molecule has 4 N–H and O–H groups in total. The monoisotopic (exact) mass is 682 g/mol. The maximum atomic E-state index is 10.3. The molecular weight excluding hydrogens is 590 g/mol. The van der Waals surface area contributed by atoms with Crippen molar-refractivity contribution >= 4 is 0 Å². The summed E-state index contributed by atoms with van der Waals surface area (Å²) in [5, 5.41) is 34.0. The fourth-order valence-corrected chi connectivity index (χ4v) is 7.21. The minimum Gasteiger partial charge on any atom is -0.390 e. The fraction of sp³-hybridized carbons (Fsp3) is 1.00. The Balaban J connectivity index is 3.31. The summed E-state index contributed by atoms with van der Waals surface area (Å²) in [4.78, 5) is 0. The molecule has 0 rings (SSSR count). The third-order valence-corrected chi connectivity index (χ3v) is 10.7. The summed E-state index contributed by atoms with van der Waals surface area (Å²) in [6.45, 7) is 5.35. The summed E-state index contributed by atoms with van der Waals surface area (Å²) in [6.07, 6.45) is 47.7. The third kappa shape index (κ3) is 38.6. The van der Waals surface area contributed by atoms with Crippen LogP contribution >= 0.6 is 0 Å². The van der Waals surface area contributed by atoms with Gasteiger partial charge in [0.1, 0.15) is 6.23 Å². The minimum atomic E-state index is -0.848. The van der Waals surface area contributed by atoms with Gasteiger partial charge in [-0.1, -0.05) is 239 Å². The van der Waals surface area contributed by atoms with Crippen molar-refractivity contribution in [1.82, 2.24) is 5.32 Å². The molecule has 0 radical (unpaired) electrons. The van der Waals surface area contributed by atoms with Gasteiger partial charge in [-0.15, -0.1) is 0 Å². The van der Waals surface area contributed by atoms with Crippen LogP contribution < -0.4 is 5.32 Å². The van der Waals surface area contributed by atoms with Crippen molar-refractivity contribution in [2.75, 3.05) is 6.54 Å². The highest BCUT2D eigenvalue weighted by molar-refractivity contribution is 4.71. The first-order valence-corrected chi connectivity index (χ1v) is 22.4. The Kier molecular flexibility index (Phi) is 41.1. The van der Waals surface area contributed by atoms with Crippen LogP contribution in [0.15, 0.2) is 0 Å². The zero-order valence-corrected chi connectivity index (χ0v) is 33.2. The molecule has 0 fully saturated rings. The summed E-state index contributed by atoms with van der Waals surface area (Å²) < 4.78 is 0. The molecule has 0 saturated carbocycles.